The van der Waals surface area contributed by atoms with Crippen LogP contribution in [0.5, 0.6) is 0 Å². The molecule has 0 heterocycles. The highest BCUT2D eigenvalue weighted by Gasteiger charge is 2.54. The van der Waals surface area contributed by atoms with Crippen molar-refractivity contribution in [2.24, 2.45) is 23.7 Å². The molecule has 2 aliphatic carbocycles. The van der Waals surface area contributed by atoms with Gasteiger partial charge in [-0.3, -0.25) is 9.59 Å². The van der Waals surface area contributed by atoms with Crippen molar-refractivity contribution in [3.8, 4) is 0 Å². The molecule has 0 unspecified atom stereocenters. The van der Waals surface area contributed by atoms with Crippen LogP contribution >= 0.6 is 0 Å². The fourth-order valence-corrected chi connectivity index (χ4v) is 3.12. The standard InChI is InChI=1S/C10H14O4/c1-14-10(13)8-6-3-2-5(4-6)7(8)9(11)12/h5-8H,2-4H2,1H3,(H,11,12)/t5-,6+,7-,8+/m1/s1. The number of aliphatic carboxylic acids is 1. The Morgan fingerprint density at radius 2 is 1.79 bits per heavy atom. The normalized spacial score (nSPS) is 39.8. The van der Waals surface area contributed by atoms with Crippen LogP contribution in [0.1, 0.15) is 19.3 Å². The third-order valence-electron chi connectivity index (χ3n) is 3.67. The van der Waals surface area contributed by atoms with Crippen LogP contribution in [-0.2, 0) is 14.3 Å². The number of hydrogen-bond acceptors (Lipinski definition) is 3. The van der Waals surface area contributed by atoms with Gasteiger partial charge in [0.1, 0.15) is 0 Å². The number of fused-ring (bicyclic) bond motifs is 2. The lowest BCUT2D eigenvalue weighted by molar-refractivity contribution is -0.158. The molecule has 2 bridgehead atoms. The highest BCUT2D eigenvalue weighted by Crippen LogP contribution is 2.52. The van der Waals surface area contributed by atoms with Gasteiger partial charge in [-0.15, -0.1) is 0 Å². The minimum absolute atomic E-state index is 0.196. The van der Waals surface area contributed by atoms with Crippen molar-refractivity contribution in [1.29, 1.82) is 0 Å². The molecule has 0 aliphatic heterocycles. The largest absolute Gasteiger partial charge is 0.481 e. The summed E-state index contributed by atoms with van der Waals surface area (Å²) in [4.78, 5) is 22.4. The second-order valence-corrected chi connectivity index (χ2v) is 4.25. The number of carboxylic acids is 1. The molecule has 4 heteroatoms. The topological polar surface area (TPSA) is 63.6 Å². The van der Waals surface area contributed by atoms with E-state index in [9.17, 15) is 9.59 Å². The van der Waals surface area contributed by atoms with E-state index in [1.165, 1.54) is 7.11 Å². The molecular formula is C10H14O4. The summed E-state index contributed by atoms with van der Waals surface area (Å²) in [5.74, 6) is -1.63. The average Bonchev–Trinajstić information content (AvgIpc) is 2.74. The number of ether oxygens (including phenoxy) is 1. The quantitative estimate of drug-likeness (QED) is 0.670. The lowest BCUT2D eigenvalue weighted by atomic mass is 9.79. The lowest BCUT2D eigenvalue weighted by Crippen LogP contribution is -2.35. The molecule has 1 N–H and O–H groups in total. The first kappa shape index (κ1) is 9.49. The second-order valence-electron chi connectivity index (χ2n) is 4.25. The zero-order chi connectivity index (χ0) is 10.3. The van der Waals surface area contributed by atoms with Crippen LogP contribution in [0.4, 0.5) is 0 Å². The molecule has 2 aliphatic rings. The summed E-state index contributed by atoms with van der Waals surface area (Å²) in [6.07, 6.45) is 2.82. The molecule has 0 aromatic carbocycles. The second kappa shape index (κ2) is 3.26. The summed E-state index contributed by atoms with van der Waals surface area (Å²) in [5, 5.41) is 9.04. The van der Waals surface area contributed by atoms with Crippen molar-refractivity contribution < 1.29 is 19.4 Å². The number of hydrogen-bond donors (Lipinski definition) is 1. The summed E-state index contributed by atoms with van der Waals surface area (Å²) < 4.78 is 4.66. The summed E-state index contributed by atoms with van der Waals surface area (Å²) in [6, 6.07) is 0. The molecule has 0 aromatic rings. The maximum absolute atomic E-state index is 11.4. The third-order valence-corrected chi connectivity index (χ3v) is 3.67. The summed E-state index contributed by atoms with van der Waals surface area (Å²) >= 11 is 0. The Labute approximate surface area is 82.2 Å². The number of carbonyl (C=O) groups excluding carboxylic acids is 1. The smallest absolute Gasteiger partial charge is 0.309 e. The highest BCUT2D eigenvalue weighted by atomic mass is 16.5. The van der Waals surface area contributed by atoms with Crippen LogP contribution in [-0.4, -0.2) is 24.2 Å². The predicted molar refractivity (Wildman–Crippen MR) is 47.5 cm³/mol. The van der Waals surface area contributed by atoms with E-state index >= 15 is 0 Å². The average molecular weight is 198 g/mol. The number of methoxy groups -OCH3 is 1. The van der Waals surface area contributed by atoms with Gasteiger partial charge in [0.2, 0.25) is 0 Å². The first-order chi connectivity index (χ1) is 6.65. The number of carboxylic acid groups (broad SMARTS) is 1. The van der Waals surface area contributed by atoms with Gasteiger partial charge in [-0.1, -0.05) is 0 Å². The molecule has 0 spiro atoms. The molecule has 2 fully saturated rings. The van der Waals surface area contributed by atoms with Crippen LogP contribution in [0.3, 0.4) is 0 Å². The van der Waals surface area contributed by atoms with Gasteiger partial charge in [0, 0.05) is 0 Å². The summed E-state index contributed by atoms with van der Waals surface area (Å²) in [6.45, 7) is 0. The molecular weight excluding hydrogens is 184 g/mol. The van der Waals surface area contributed by atoms with Crippen molar-refractivity contribution in [2.75, 3.05) is 7.11 Å². The number of carbonyl (C=O) groups is 2. The first-order valence-electron chi connectivity index (χ1n) is 4.95. The minimum atomic E-state index is -0.840. The highest BCUT2D eigenvalue weighted by molar-refractivity contribution is 5.82. The van der Waals surface area contributed by atoms with Crippen LogP contribution in [0, 0.1) is 23.7 Å². The molecule has 0 aromatic heterocycles. The van der Waals surface area contributed by atoms with Crippen molar-refractivity contribution in [3.05, 3.63) is 0 Å². The molecule has 14 heavy (non-hydrogen) atoms. The Morgan fingerprint density at radius 1 is 1.21 bits per heavy atom. The van der Waals surface area contributed by atoms with E-state index in [2.05, 4.69) is 4.74 Å². The van der Waals surface area contributed by atoms with Crippen LogP contribution in [0.25, 0.3) is 0 Å². The van der Waals surface area contributed by atoms with E-state index in [4.69, 9.17) is 5.11 Å². The Morgan fingerprint density at radius 3 is 2.29 bits per heavy atom. The van der Waals surface area contributed by atoms with Gasteiger partial charge in [-0.2, -0.15) is 0 Å². The van der Waals surface area contributed by atoms with E-state index < -0.39 is 17.8 Å². The van der Waals surface area contributed by atoms with Crippen LogP contribution in [0.15, 0.2) is 0 Å². The Bertz CT molecular complexity index is 273. The SMILES string of the molecule is COC(=O)[C@H]1[C@H]2CC[C@H](C2)[C@H]1C(=O)O. The minimum Gasteiger partial charge on any atom is -0.481 e. The molecule has 0 amide bonds. The fourth-order valence-electron chi connectivity index (χ4n) is 3.12. The third kappa shape index (κ3) is 1.21. The van der Waals surface area contributed by atoms with Gasteiger partial charge >= 0.3 is 11.9 Å². The molecule has 78 valence electrons. The summed E-state index contributed by atoms with van der Waals surface area (Å²) in [5.41, 5.74) is 0. The van der Waals surface area contributed by atoms with Gasteiger partial charge in [-0.25, -0.2) is 0 Å². The summed E-state index contributed by atoms with van der Waals surface area (Å²) in [7, 11) is 1.33. The Hall–Kier alpha value is -1.06. The predicted octanol–water partition coefficient (Wildman–Crippen LogP) is 0.906. The van der Waals surface area contributed by atoms with Crippen molar-refractivity contribution in [1.82, 2.24) is 0 Å². The van der Waals surface area contributed by atoms with Gasteiger partial charge in [0.15, 0.2) is 0 Å². The van der Waals surface area contributed by atoms with E-state index in [0.29, 0.717) is 0 Å². The van der Waals surface area contributed by atoms with Gasteiger partial charge < -0.3 is 9.84 Å². The number of rotatable bonds is 2. The van der Waals surface area contributed by atoms with Crippen molar-refractivity contribution in [3.63, 3.8) is 0 Å². The van der Waals surface area contributed by atoms with Gasteiger partial charge in [-0.05, 0) is 31.1 Å². The molecule has 4 nitrogen and oxygen atoms in total. The van der Waals surface area contributed by atoms with E-state index in [1.54, 1.807) is 0 Å². The van der Waals surface area contributed by atoms with E-state index in [1.807, 2.05) is 0 Å². The Kier molecular flexibility index (Phi) is 2.21. The zero-order valence-corrected chi connectivity index (χ0v) is 8.10. The molecule has 4 atom stereocenters. The molecule has 0 saturated heterocycles. The molecule has 2 rings (SSSR count). The van der Waals surface area contributed by atoms with Gasteiger partial charge in [0.25, 0.3) is 0 Å². The molecule has 2 saturated carbocycles. The molecule has 0 radical (unpaired) electrons. The van der Waals surface area contributed by atoms with Crippen molar-refractivity contribution in [2.45, 2.75) is 19.3 Å². The van der Waals surface area contributed by atoms with Crippen LogP contribution in [0.2, 0.25) is 0 Å². The fraction of sp³-hybridized carbons (Fsp3) is 0.800. The Balaban J connectivity index is 2.21. The maximum Gasteiger partial charge on any atom is 0.309 e. The van der Waals surface area contributed by atoms with Crippen LogP contribution < -0.4 is 0 Å². The van der Waals surface area contributed by atoms with Gasteiger partial charge in [0.05, 0.1) is 18.9 Å². The lowest BCUT2D eigenvalue weighted by Gasteiger charge is -2.25. The van der Waals surface area contributed by atoms with E-state index in [0.717, 1.165) is 19.3 Å². The number of esters is 1. The zero-order valence-electron chi connectivity index (χ0n) is 8.10. The monoisotopic (exact) mass is 198 g/mol. The van der Waals surface area contributed by atoms with E-state index in [-0.39, 0.29) is 17.8 Å². The first-order valence-corrected chi connectivity index (χ1v) is 4.95. The maximum atomic E-state index is 11.4. The van der Waals surface area contributed by atoms with Crippen molar-refractivity contribution >= 4 is 11.9 Å².